The van der Waals surface area contributed by atoms with Crippen LogP contribution in [0.25, 0.3) is 11.4 Å². The van der Waals surface area contributed by atoms with Crippen LogP contribution in [0.3, 0.4) is 0 Å². The van der Waals surface area contributed by atoms with E-state index < -0.39 is 0 Å². The number of amides is 1. The van der Waals surface area contributed by atoms with Crippen LogP contribution in [0, 0.1) is 6.92 Å². The largest absolute Gasteiger partial charge is 0.340 e. The van der Waals surface area contributed by atoms with Crippen LogP contribution in [0.5, 0.6) is 0 Å². The van der Waals surface area contributed by atoms with E-state index in [2.05, 4.69) is 40.8 Å². The van der Waals surface area contributed by atoms with Crippen molar-refractivity contribution in [1.82, 2.24) is 24.9 Å². The van der Waals surface area contributed by atoms with Crippen LogP contribution in [-0.2, 0) is 17.8 Å². The van der Waals surface area contributed by atoms with Crippen molar-refractivity contribution in [2.75, 3.05) is 26.2 Å². The maximum absolute atomic E-state index is 12.6. The Morgan fingerprint density at radius 3 is 2.53 bits per heavy atom. The Labute approximate surface area is 180 Å². The van der Waals surface area contributed by atoms with E-state index in [1.807, 2.05) is 34.5 Å². The van der Waals surface area contributed by atoms with Crippen LogP contribution in [-0.4, -0.2) is 57.0 Å². The number of aromatic nitrogens is 3. The predicted molar refractivity (Wildman–Crippen MR) is 116 cm³/mol. The van der Waals surface area contributed by atoms with Crippen LogP contribution >= 0.6 is 11.3 Å². The molecule has 1 fully saturated rings. The summed E-state index contributed by atoms with van der Waals surface area (Å²) in [7, 11) is 0. The minimum atomic E-state index is 0.148. The molecule has 0 bridgehead atoms. The van der Waals surface area contributed by atoms with Crippen molar-refractivity contribution in [3.63, 3.8) is 0 Å². The van der Waals surface area contributed by atoms with Crippen LogP contribution in [0.15, 0.2) is 34.2 Å². The first kappa shape index (κ1) is 20.7. The van der Waals surface area contributed by atoms with Gasteiger partial charge in [-0.3, -0.25) is 9.69 Å². The predicted octanol–water partition coefficient (Wildman–Crippen LogP) is 3.51. The Kier molecular flexibility index (Phi) is 6.24. The van der Waals surface area contributed by atoms with Gasteiger partial charge in [0.15, 0.2) is 0 Å². The molecule has 4 rings (SSSR count). The summed E-state index contributed by atoms with van der Waals surface area (Å²) in [4.78, 5) is 25.9. The smallest absolute Gasteiger partial charge is 0.241 e. The van der Waals surface area contributed by atoms with Crippen molar-refractivity contribution in [2.24, 2.45) is 0 Å². The highest BCUT2D eigenvalue weighted by Gasteiger charge is 2.23. The van der Waals surface area contributed by atoms with Gasteiger partial charge in [0.25, 0.3) is 0 Å². The molecule has 1 amide bonds. The van der Waals surface area contributed by atoms with Gasteiger partial charge in [-0.2, -0.15) is 4.98 Å². The molecular weight excluding hydrogens is 398 g/mol. The monoisotopic (exact) mass is 425 g/mol. The van der Waals surface area contributed by atoms with Gasteiger partial charge in [-0.05, 0) is 6.92 Å². The van der Waals surface area contributed by atoms with E-state index in [0.29, 0.717) is 43.7 Å². The van der Waals surface area contributed by atoms with Crippen molar-refractivity contribution in [1.29, 1.82) is 0 Å². The highest BCUT2D eigenvalue weighted by molar-refractivity contribution is 7.09. The summed E-state index contributed by atoms with van der Waals surface area (Å²) in [6.07, 6.45) is 0.382. The van der Waals surface area contributed by atoms with Crippen molar-refractivity contribution in [3.05, 3.63) is 51.8 Å². The summed E-state index contributed by atoms with van der Waals surface area (Å²) in [5.41, 5.74) is 3.03. The Morgan fingerprint density at radius 2 is 1.87 bits per heavy atom. The molecule has 158 valence electrons. The Hall–Kier alpha value is -2.58. The van der Waals surface area contributed by atoms with Crippen molar-refractivity contribution >= 4 is 17.2 Å². The normalized spacial score (nSPS) is 15.1. The minimum Gasteiger partial charge on any atom is -0.340 e. The molecule has 0 spiro atoms. The lowest BCUT2D eigenvalue weighted by Gasteiger charge is -2.33. The number of thiazole rings is 1. The summed E-state index contributed by atoms with van der Waals surface area (Å²) in [5.74, 6) is 1.77. The van der Waals surface area contributed by atoms with Crippen molar-refractivity contribution in [3.8, 4) is 11.4 Å². The molecule has 0 atom stereocenters. The molecule has 3 heterocycles. The zero-order chi connectivity index (χ0) is 21.1. The van der Waals surface area contributed by atoms with Crippen LogP contribution in [0.4, 0.5) is 0 Å². The second kappa shape index (κ2) is 9.06. The molecule has 1 aliphatic heterocycles. The van der Waals surface area contributed by atoms with Crippen LogP contribution < -0.4 is 0 Å². The number of carbonyl (C=O) groups excluding carboxylic acids is 1. The molecule has 0 unspecified atom stereocenters. The van der Waals surface area contributed by atoms with Gasteiger partial charge >= 0.3 is 0 Å². The maximum Gasteiger partial charge on any atom is 0.241 e. The van der Waals surface area contributed by atoms with Gasteiger partial charge in [-0.25, -0.2) is 4.98 Å². The lowest BCUT2D eigenvalue weighted by molar-refractivity contribution is -0.132. The highest BCUT2D eigenvalue weighted by Crippen LogP contribution is 2.20. The zero-order valence-corrected chi connectivity index (χ0v) is 18.5. The fraction of sp³-hybridized carbons (Fsp3) is 0.455. The molecule has 3 aromatic rings. The Bertz CT molecular complexity index is 987. The van der Waals surface area contributed by atoms with E-state index >= 15 is 0 Å². The molecule has 7 nitrogen and oxygen atoms in total. The first-order valence-electron chi connectivity index (χ1n) is 10.3. The third kappa shape index (κ3) is 4.94. The van der Waals surface area contributed by atoms with Crippen molar-refractivity contribution in [2.45, 2.75) is 39.7 Å². The summed E-state index contributed by atoms with van der Waals surface area (Å²) in [6.45, 7) is 9.90. The second-order valence-electron chi connectivity index (χ2n) is 8.04. The Morgan fingerprint density at radius 1 is 1.13 bits per heavy atom. The van der Waals surface area contributed by atoms with E-state index in [-0.39, 0.29) is 5.91 Å². The first-order valence-corrected chi connectivity index (χ1v) is 11.2. The molecule has 0 radical (unpaired) electrons. The molecule has 8 heteroatoms. The summed E-state index contributed by atoms with van der Waals surface area (Å²) in [6, 6.07) is 8.08. The van der Waals surface area contributed by atoms with Gasteiger partial charge < -0.3 is 9.42 Å². The molecular formula is C22H27N5O2S. The molecule has 0 aliphatic carbocycles. The Balaban J connectivity index is 1.27. The zero-order valence-electron chi connectivity index (χ0n) is 17.7. The number of hydrogen-bond donors (Lipinski definition) is 0. The lowest BCUT2D eigenvalue weighted by Crippen LogP contribution is -2.48. The highest BCUT2D eigenvalue weighted by atomic mass is 32.1. The van der Waals surface area contributed by atoms with Gasteiger partial charge in [0, 0.05) is 43.0 Å². The molecule has 30 heavy (non-hydrogen) atoms. The standard InChI is InChI=1S/C22H27N5O2S/c1-15(2)22-23-18(14-30-22)12-20(28)27-10-8-26(9-11-27)13-19-24-21(25-29-19)17-6-4-16(3)5-7-17/h4-7,14-15H,8-13H2,1-3H3. The number of carbonyl (C=O) groups is 1. The fourth-order valence-corrected chi connectivity index (χ4v) is 4.26. The van der Waals surface area contributed by atoms with Crippen LogP contribution in [0.1, 0.15) is 41.9 Å². The minimum absolute atomic E-state index is 0.148. The van der Waals surface area contributed by atoms with E-state index in [0.717, 1.165) is 29.4 Å². The molecule has 1 aliphatic rings. The molecule has 0 N–H and O–H groups in total. The SMILES string of the molecule is Cc1ccc(-c2noc(CN3CCN(C(=O)Cc4csc(C(C)C)n4)CC3)n2)cc1. The van der Waals surface area contributed by atoms with Gasteiger partial charge in [0.05, 0.1) is 23.7 Å². The average Bonchev–Trinajstić information content (AvgIpc) is 3.39. The third-order valence-electron chi connectivity index (χ3n) is 5.26. The molecule has 1 saturated heterocycles. The number of rotatable bonds is 6. The average molecular weight is 426 g/mol. The lowest BCUT2D eigenvalue weighted by atomic mass is 10.1. The second-order valence-corrected chi connectivity index (χ2v) is 8.93. The number of benzene rings is 1. The number of hydrogen-bond acceptors (Lipinski definition) is 7. The third-order valence-corrected chi connectivity index (χ3v) is 6.45. The molecule has 0 saturated carbocycles. The summed E-state index contributed by atoms with van der Waals surface area (Å²) >= 11 is 1.64. The molecule has 1 aromatic carbocycles. The first-order chi connectivity index (χ1) is 14.5. The summed E-state index contributed by atoms with van der Waals surface area (Å²) < 4.78 is 5.44. The van der Waals surface area contributed by atoms with E-state index in [9.17, 15) is 4.79 Å². The number of aryl methyl sites for hydroxylation is 1. The van der Waals surface area contributed by atoms with Gasteiger partial charge in [-0.1, -0.05) is 48.8 Å². The van der Waals surface area contributed by atoms with Gasteiger partial charge in [0.2, 0.25) is 17.6 Å². The quantitative estimate of drug-likeness (QED) is 0.602. The van der Waals surface area contributed by atoms with E-state index in [1.54, 1.807) is 11.3 Å². The number of nitrogens with zero attached hydrogens (tertiary/aromatic N) is 5. The van der Waals surface area contributed by atoms with Crippen molar-refractivity contribution < 1.29 is 9.32 Å². The van der Waals surface area contributed by atoms with Crippen LogP contribution in [0.2, 0.25) is 0 Å². The molecule has 2 aromatic heterocycles. The van der Waals surface area contributed by atoms with E-state index in [1.165, 1.54) is 5.56 Å². The fourth-order valence-electron chi connectivity index (χ4n) is 3.42. The number of piperazine rings is 1. The maximum atomic E-state index is 12.6. The topological polar surface area (TPSA) is 75.4 Å². The van der Waals surface area contributed by atoms with E-state index in [4.69, 9.17) is 4.52 Å². The van der Waals surface area contributed by atoms with Gasteiger partial charge in [-0.15, -0.1) is 11.3 Å². The van der Waals surface area contributed by atoms with Gasteiger partial charge in [0.1, 0.15) is 0 Å². The summed E-state index contributed by atoms with van der Waals surface area (Å²) in [5, 5.41) is 7.20.